The molecule has 2 aliphatic carbocycles. The van der Waals surface area contributed by atoms with Gasteiger partial charge in [-0.15, -0.1) is 0 Å². The first-order valence-electron chi connectivity index (χ1n) is 6.39. The summed E-state index contributed by atoms with van der Waals surface area (Å²) in [6, 6.07) is 0. The monoisotopic (exact) mass is 234 g/mol. The Morgan fingerprint density at radius 2 is 2.18 bits per heavy atom. The van der Waals surface area contributed by atoms with E-state index in [1.807, 2.05) is 13.8 Å². The van der Waals surface area contributed by atoms with Gasteiger partial charge in [-0.2, -0.15) is 0 Å². The minimum atomic E-state index is -0.393. The Morgan fingerprint density at radius 1 is 1.53 bits per heavy atom. The highest BCUT2D eigenvalue weighted by atomic mass is 16.3. The van der Waals surface area contributed by atoms with Crippen LogP contribution < -0.4 is 0 Å². The maximum absolute atomic E-state index is 11.7. The number of hydrogen-bond acceptors (Lipinski definition) is 2. The van der Waals surface area contributed by atoms with Crippen LogP contribution in [0.1, 0.15) is 40.0 Å². The standard InChI is InChI=1S/C15H22O2/c1-9(2)11-6-13-10(3)5-12(16)8-15(13,4)14(17)7-11/h5,11,13-14,17H,1,6-8H2,2-4H3/t11-,13+,14-,15-/m1/s1. The first-order chi connectivity index (χ1) is 7.84. The van der Waals surface area contributed by atoms with Gasteiger partial charge in [0.05, 0.1) is 6.10 Å². The molecule has 94 valence electrons. The largest absolute Gasteiger partial charge is 0.393 e. The Morgan fingerprint density at radius 3 is 2.76 bits per heavy atom. The number of aliphatic hydroxyl groups excluding tert-OH is 1. The summed E-state index contributed by atoms with van der Waals surface area (Å²) >= 11 is 0. The van der Waals surface area contributed by atoms with Gasteiger partial charge in [-0.3, -0.25) is 4.79 Å². The number of carbonyl (C=O) groups excluding carboxylic acids is 1. The van der Waals surface area contributed by atoms with Gasteiger partial charge in [-0.25, -0.2) is 0 Å². The van der Waals surface area contributed by atoms with Crippen molar-refractivity contribution in [3.05, 3.63) is 23.8 Å². The molecule has 0 saturated heterocycles. The number of ketones is 1. The van der Waals surface area contributed by atoms with Crippen LogP contribution in [0.4, 0.5) is 0 Å². The molecule has 0 spiro atoms. The van der Waals surface area contributed by atoms with Gasteiger partial charge < -0.3 is 5.11 Å². The van der Waals surface area contributed by atoms with Gasteiger partial charge in [0.25, 0.3) is 0 Å². The molecule has 2 heteroatoms. The van der Waals surface area contributed by atoms with Crippen molar-refractivity contribution in [1.29, 1.82) is 0 Å². The summed E-state index contributed by atoms with van der Waals surface area (Å²) in [6.45, 7) is 10.1. The van der Waals surface area contributed by atoms with Crippen molar-refractivity contribution in [2.24, 2.45) is 17.3 Å². The Bertz CT molecular complexity index is 394. The molecule has 0 radical (unpaired) electrons. The molecule has 0 aliphatic heterocycles. The van der Waals surface area contributed by atoms with Crippen LogP contribution in [0.15, 0.2) is 23.8 Å². The highest BCUT2D eigenvalue weighted by Crippen LogP contribution is 2.52. The van der Waals surface area contributed by atoms with E-state index in [4.69, 9.17) is 0 Å². The zero-order chi connectivity index (χ0) is 12.8. The van der Waals surface area contributed by atoms with Gasteiger partial charge in [0.15, 0.2) is 5.78 Å². The molecule has 0 unspecified atom stereocenters. The number of hydrogen-bond donors (Lipinski definition) is 1. The van der Waals surface area contributed by atoms with Crippen LogP contribution in [0, 0.1) is 17.3 Å². The van der Waals surface area contributed by atoms with Crippen LogP contribution in [0.25, 0.3) is 0 Å². The zero-order valence-electron chi connectivity index (χ0n) is 11.0. The minimum absolute atomic E-state index is 0.161. The molecule has 0 bridgehead atoms. The van der Waals surface area contributed by atoms with Crippen molar-refractivity contribution in [2.45, 2.75) is 46.1 Å². The summed E-state index contributed by atoms with van der Waals surface area (Å²) in [5.74, 6) is 0.874. The minimum Gasteiger partial charge on any atom is -0.393 e. The lowest BCUT2D eigenvalue weighted by atomic mass is 9.56. The van der Waals surface area contributed by atoms with Crippen LogP contribution in [-0.2, 0) is 4.79 Å². The molecule has 0 amide bonds. The maximum Gasteiger partial charge on any atom is 0.156 e. The average Bonchev–Trinajstić information content (AvgIpc) is 2.19. The van der Waals surface area contributed by atoms with Gasteiger partial charge in [0.2, 0.25) is 0 Å². The lowest BCUT2D eigenvalue weighted by Crippen LogP contribution is -2.49. The quantitative estimate of drug-likeness (QED) is 0.708. The van der Waals surface area contributed by atoms with Gasteiger partial charge in [0, 0.05) is 11.8 Å². The van der Waals surface area contributed by atoms with E-state index in [0.29, 0.717) is 18.3 Å². The number of rotatable bonds is 1. The zero-order valence-corrected chi connectivity index (χ0v) is 11.0. The lowest BCUT2D eigenvalue weighted by Gasteiger charge is -2.50. The summed E-state index contributed by atoms with van der Waals surface area (Å²) in [4.78, 5) is 11.7. The van der Waals surface area contributed by atoms with E-state index in [-0.39, 0.29) is 11.2 Å². The van der Waals surface area contributed by atoms with Crippen LogP contribution >= 0.6 is 0 Å². The molecule has 1 N–H and O–H groups in total. The van der Waals surface area contributed by atoms with Crippen molar-refractivity contribution in [3.63, 3.8) is 0 Å². The Labute approximate surface area is 103 Å². The van der Waals surface area contributed by atoms with E-state index in [2.05, 4.69) is 13.5 Å². The third-order valence-electron chi connectivity index (χ3n) is 4.78. The van der Waals surface area contributed by atoms with Gasteiger partial charge in [-0.1, -0.05) is 24.6 Å². The van der Waals surface area contributed by atoms with Crippen LogP contribution in [-0.4, -0.2) is 17.0 Å². The van der Waals surface area contributed by atoms with Crippen molar-refractivity contribution >= 4 is 5.78 Å². The van der Waals surface area contributed by atoms with Crippen molar-refractivity contribution in [1.82, 2.24) is 0 Å². The lowest BCUT2D eigenvalue weighted by molar-refractivity contribution is -0.125. The molecule has 2 aliphatic rings. The second-order valence-corrected chi connectivity index (χ2v) is 6.12. The first-order valence-corrected chi connectivity index (χ1v) is 6.39. The SMILES string of the molecule is C=C(C)[C@H]1C[C@@H](O)[C@]2(C)CC(=O)C=C(C)[C@@H]2C1. The molecule has 4 atom stereocenters. The molecule has 2 rings (SSSR count). The van der Waals surface area contributed by atoms with Crippen LogP contribution in [0.5, 0.6) is 0 Å². The van der Waals surface area contributed by atoms with Gasteiger partial charge in [0.1, 0.15) is 0 Å². The van der Waals surface area contributed by atoms with E-state index in [1.54, 1.807) is 6.08 Å². The predicted octanol–water partition coefficient (Wildman–Crippen LogP) is 2.88. The third-order valence-corrected chi connectivity index (χ3v) is 4.78. The molecule has 0 aromatic carbocycles. The van der Waals surface area contributed by atoms with Gasteiger partial charge >= 0.3 is 0 Å². The number of carbonyl (C=O) groups is 1. The normalized spacial score (nSPS) is 41.8. The Hall–Kier alpha value is -0.890. The predicted molar refractivity (Wildman–Crippen MR) is 68.5 cm³/mol. The van der Waals surface area contributed by atoms with Crippen molar-refractivity contribution < 1.29 is 9.90 Å². The number of aliphatic hydroxyl groups is 1. The van der Waals surface area contributed by atoms with Crippen molar-refractivity contribution in [3.8, 4) is 0 Å². The van der Waals surface area contributed by atoms with Crippen molar-refractivity contribution in [2.75, 3.05) is 0 Å². The molecular weight excluding hydrogens is 212 g/mol. The molecule has 0 aromatic rings. The molecule has 1 fully saturated rings. The average molecular weight is 234 g/mol. The topological polar surface area (TPSA) is 37.3 Å². The smallest absolute Gasteiger partial charge is 0.156 e. The second-order valence-electron chi connectivity index (χ2n) is 6.12. The number of allylic oxidation sites excluding steroid dienone is 3. The first kappa shape index (κ1) is 12.6. The fraction of sp³-hybridized carbons (Fsp3) is 0.667. The van der Waals surface area contributed by atoms with E-state index in [1.165, 1.54) is 0 Å². The number of fused-ring (bicyclic) bond motifs is 1. The van der Waals surface area contributed by atoms with Crippen LogP contribution in [0.3, 0.4) is 0 Å². The van der Waals surface area contributed by atoms with E-state index in [9.17, 15) is 9.90 Å². The van der Waals surface area contributed by atoms with E-state index < -0.39 is 6.10 Å². The fourth-order valence-corrected chi connectivity index (χ4v) is 3.55. The van der Waals surface area contributed by atoms with Gasteiger partial charge in [-0.05, 0) is 44.6 Å². The summed E-state index contributed by atoms with van der Waals surface area (Å²) in [5.41, 5.74) is 2.02. The highest BCUT2D eigenvalue weighted by Gasteiger charge is 2.49. The van der Waals surface area contributed by atoms with Crippen LogP contribution in [0.2, 0.25) is 0 Å². The Balaban J connectivity index is 2.35. The summed E-state index contributed by atoms with van der Waals surface area (Å²) in [5, 5.41) is 10.4. The molecule has 0 aromatic heterocycles. The summed E-state index contributed by atoms with van der Waals surface area (Å²) in [7, 11) is 0. The fourth-order valence-electron chi connectivity index (χ4n) is 3.55. The Kier molecular flexibility index (Phi) is 3.03. The molecule has 0 heterocycles. The summed E-state index contributed by atoms with van der Waals surface area (Å²) in [6.07, 6.45) is 3.64. The maximum atomic E-state index is 11.7. The third kappa shape index (κ3) is 1.99. The second kappa shape index (κ2) is 4.09. The molecular formula is C15H22O2. The molecule has 17 heavy (non-hydrogen) atoms. The highest BCUT2D eigenvalue weighted by molar-refractivity contribution is 5.92. The van der Waals surface area contributed by atoms with E-state index in [0.717, 1.165) is 24.0 Å². The van der Waals surface area contributed by atoms with E-state index >= 15 is 0 Å². The molecule has 1 saturated carbocycles. The molecule has 2 nitrogen and oxygen atoms in total. The summed E-state index contributed by atoms with van der Waals surface area (Å²) < 4.78 is 0.